The van der Waals surface area contributed by atoms with Gasteiger partial charge in [0.15, 0.2) is 0 Å². The van der Waals surface area contributed by atoms with Gasteiger partial charge in [0.1, 0.15) is 6.33 Å². The highest BCUT2D eigenvalue weighted by molar-refractivity contribution is 5.72. The molecule has 10 heteroatoms. The molecule has 0 saturated heterocycles. The second-order valence-corrected chi connectivity index (χ2v) is 3.65. The second kappa shape index (κ2) is 5.14. The van der Waals surface area contributed by atoms with Crippen molar-refractivity contribution in [3.8, 4) is 0 Å². The molecule has 1 heterocycles. The SMILES string of the molecule is Nc1ncnc(Nc2cccc([N+](=O)[O-])c2)c1[N+](=O)[O-]. The molecule has 0 fully saturated rings. The lowest BCUT2D eigenvalue weighted by molar-refractivity contribution is -0.384. The molecule has 0 aliphatic carbocycles. The van der Waals surface area contributed by atoms with Crippen LogP contribution in [0.3, 0.4) is 0 Å². The summed E-state index contributed by atoms with van der Waals surface area (Å²) in [6.07, 6.45) is 1.06. The average molecular weight is 276 g/mol. The van der Waals surface area contributed by atoms with Crippen molar-refractivity contribution in [1.29, 1.82) is 0 Å². The van der Waals surface area contributed by atoms with E-state index in [0.717, 1.165) is 6.33 Å². The van der Waals surface area contributed by atoms with Crippen LogP contribution in [0.15, 0.2) is 30.6 Å². The average Bonchev–Trinajstić information content (AvgIpc) is 2.38. The van der Waals surface area contributed by atoms with Gasteiger partial charge in [-0.15, -0.1) is 0 Å². The lowest BCUT2D eigenvalue weighted by Gasteiger charge is -2.06. The minimum atomic E-state index is -0.727. The fraction of sp³-hybridized carbons (Fsp3) is 0. The molecule has 0 atom stereocenters. The molecule has 0 aliphatic heterocycles. The van der Waals surface area contributed by atoms with Gasteiger partial charge < -0.3 is 11.1 Å². The largest absolute Gasteiger partial charge is 0.378 e. The van der Waals surface area contributed by atoms with E-state index in [1.165, 1.54) is 24.3 Å². The Bertz CT molecular complexity index is 689. The molecule has 1 aromatic heterocycles. The molecule has 102 valence electrons. The van der Waals surface area contributed by atoms with Crippen LogP contribution in [0, 0.1) is 20.2 Å². The minimum absolute atomic E-state index is 0.136. The number of hydrogen-bond acceptors (Lipinski definition) is 8. The van der Waals surface area contributed by atoms with E-state index in [1.54, 1.807) is 0 Å². The number of nitrogens with zero attached hydrogens (tertiary/aromatic N) is 4. The van der Waals surface area contributed by atoms with Crippen LogP contribution in [0.5, 0.6) is 0 Å². The lowest BCUT2D eigenvalue weighted by atomic mass is 10.3. The number of rotatable bonds is 4. The fourth-order valence-corrected chi connectivity index (χ4v) is 1.50. The number of nitro benzene ring substituents is 1. The molecule has 2 rings (SSSR count). The van der Waals surface area contributed by atoms with E-state index in [4.69, 9.17) is 5.73 Å². The van der Waals surface area contributed by atoms with Gasteiger partial charge in [-0.25, -0.2) is 9.97 Å². The van der Waals surface area contributed by atoms with E-state index >= 15 is 0 Å². The number of non-ortho nitro benzene ring substituents is 1. The fourth-order valence-electron chi connectivity index (χ4n) is 1.50. The van der Waals surface area contributed by atoms with E-state index in [-0.39, 0.29) is 23.0 Å². The van der Waals surface area contributed by atoms with Crippen LogP contribution in [0.25, 0.3) is 0 Å². The second-order valence-electron chi connectivity index (χ2n) is 3.65. The summed E-state index contributed by atoms with van der Waals surface area (Å²) < 4.78 is 0. The zero-order chi connectivity index (χ0) is 14.7. The highest BCUT2D eigenvalue weighted by Gasteiger charge is 2.21. The Morgan fingerprint density at radius 1 is 1.15 bits per heavy atom. The maximum absolute atomic E-state index is 10.9. The van der Waals surface area contributed by atoms with Crippen molar-refractivity contribution in [2.45, 2.75) is 0 Å². The van der Waals surface area contributed by atoms with Gasteiger partial charge in [-0.2, -0.15) is 0 Å². The van der Waals surface area contributed by atoms with Crippen molar-refractivity contribution in [1.82, 2.24) is 9.97 Å². The van der Waals surface area contributed by atoms with Crippen molar-refractivity contribution < 1.29 is 9.85 Å². The molecule has 10 nitrogen and oxygen atoms in total. The highest BCUT2D eigenvalue weighted by Crippen LogP contribution is 2.29. The van der Waals surface area contributed by atoms with Gasteiger partial charge in [0.2, 0.25) is 11.6 Å². The van der Waals surface area contributed by atoms with E-state index < -0.39 is 15.5 Å². The zero-order valence-electron chi connectivity index (χ0n) is 9.89. The quantitative estimate of drug-likeness (QED) is 0.631. The van der Waals surface area contributed by atoms with E-state index in [0.29, 0.717) is 0 Å². The number of nitrogen functional groups attached to an aromatic ring is 1. The molecular formula is C10H8N6O4. The lowest BCUT2D eigenvalue weighted by Crippen LogP contribution is -2.05. The third-order valence-corrected chi connectivity index (χ3v) is 2.35. The Balaban J connectivity index is 2.40. The topological polar surface area (TPSA) is 150 Å². The van der Waals surface area contributed by atoms with Crippen molar-refractivity contribution in [3.63, 3.8) is 0 Å². The number of nitrogens with one attached hydrogen (secondary N) is 1. The Morgan fingerprint density at radius 3 is 2.55 bits per heavy atom. The van der Waals surface area contributed by atoms with Crippen LogP contribution in [-0.2, 0) is 0 Å². The molecular weight excluding hydrogens is 268 g/mol. The van der Waals surface area contributed by atoms with Crippen LogP contribution in [-0.4, -0.2) is 19.8 Å². The number of aromatic nitrogens is 2. The molecule has 1 aromatic carbocycles. The molecule has 0 unspecified atom stereocenters. The molecule has 0 amide bonds. The van der Waals surface area contributed by atoms with Gasteiger partial charge in [0, 0.05) is 17.8 Å². The van der Waals surface area contributed by atoms with Crippen molar-refractivity contribution in [2.24, 2.45) is 0 Å². The van der Waals surface area contributed by atoms with Gasteiger partial charge in [-0.3, -0.25) is 20.2 Å². The zero-order valence-corrected chi connectivity index (χ0v) is 9.89. The number of hydrogen-bond donors (Lipinski definition) is 2. The molecule has 20 heavy (non-hydrogen) atoms. The molecule has 0 radical (unpaired) electrons. The van der Waals surface area contributed by atoms with Crippen LogP contribution in [0.4, 0.5) is 28.7 Å². The number of nitro groups is 2. The van der Waals surface area contributed by atoms with Crippen molar-refractivity contribution >= 4 is 28.7 Å². The third-order valence-electron chi connectivity index (χ3n) is 2.35. The van der Waals surface area contributed by atoms with Gasteiger partial charge >= 0.3 is 5.69 Å². The highest BCUT2D eigenvalue weighted by atomic mass is 16.6. The molecule has 3 N–H and O–H groups in total. The summed E-state index contributed by atoms with van der Waals surface area (Å²) in [6.45, 7) is 0. The predicted molar refractivity (Wildman–Crippen MR) is 69.5 cm³/mol. The first-order valence-corrected chi connectivity index (χ1v) is 5.25. The van der Waals surface area contributed by atoms with Crippen LogP contribution in [0.2, 0.25) is 0 Å². The Labute approximate surface area is 111 Å². The summed E-state index contributed by atoms with van der Waals surface area (Å²) in [5, 5.41) is 24.2. The standard InChI is InChI=1S/C10H8N6O4/c11-9-8(16(19)20)10(13-5-12-9)14-6-2-1-3-7(4-6)15(17)18/h1-5H,(H3,11,12,13,14). The number of nitrogens with two attached hydrogens (primary N) is 1. The third kappa shape index (κ3) is 2.58. The summed E-state index contributed by atoms with van der Waals surface area (Å²) >= 11 is 0. The van der Waals surface area contributed by atoms with Gasteiger partial charge in [0.25, 0.3) is 5.69 Å². The molecule has 0 aliphatic rings. The number of anilines is 3. The van der Waals surface area contributed by atoms with Gasteiger partial charge in [-0.05, 0) is 6.07 Å². The summed E-state index contributed by atoms with van der Waals surface area (Å²) in [4.78, 5) is 27.5. The maximum atomic E-state index is 10.9. The predicted octanol–water partition coefficient (Wildman–Crippen LogP) is 1.62. The Morgan fingerprint density at radius 2 is 1.90 bits per heavy atom. The monoisotopic (exact) mass is 276 g/mol. The Hall–Kier alpha value is -3.30. The van der Waals surface area contributed by atoms with Gasteiger partial charge in [-0.1, -0.05) is 6.07 Å². The van der Waals surface area contributed by atoms with Crippen molar-refractivity contribution in [2.75, 3.05) is 11.1 Å². The number of benzene rings is 1. The summed E-state index contributed by atoms with van der Waals surface area (Å²) in [5.74, 6) is -0.430. The molecule has 0 saturated carbocycles. The molecule has 0 bridgehead atoms. The normalized spacial score (nSPS) is 10.0. The van der Waals surface area contributed by atoms with Crippen LogP contribution < -0.4 is 11.1 Å². The van der Waals surface area contributed by atoms with E-state index in [1.807, 2.05) is 0 Å². The van der Waals surface area contributed by atoms with Crippen molar-refractivity contribution in [3.05, 3.63) is 50.8 Å². The summed E-state index contributed by atoms with van der Waals surface area (Å²) in [5.41, 5.74) is 5.05. The van der Waals surface area contributed by atoms with E-state index in [2.05, 4.69) is 15.3 Å². The first-order chi connectivity index (χ1) is 9.49. The molecule has 2 aromatic rings. The van der Waals surface area contributed by atoms with E-state index in [9.17, 15) is 20.2 Å². The molecule has 0 spiro atoms. The van der Waals surface area contributed by atoms with Crippen LogP contribution in [0.1, 0.15) is 0 Å². The Kier molecular flexibility index (Phi) is 3.37. The minimum Gasteiger partial charge on any atom is -0.378 e. The smallest absolute Gasteiger partial charge is 0.353 e. The summed E-state index contributed by atoms with van der Waals surface area (Å²) in [7, 11) is 0. The first kappa shape index (κ1) is 13.1. The first-order valence-electron chi connectivity index (χ1n) is 5.25. The van der Waals surface area contributed by atoms with Gasteiger partial charge in [0.05, 0.1) is 9.85 Å². The van der Waals surface area contributed by atoms with Crippen LogP contribution >= 0.6 is 0 Å². The maximum Gasteiger partial charge on any atom is 0.353 e. The summed E-state index contributed by atoms with van der Waals surface area (Å²) in [6, 6.07) is 5.47.